The molecule has 4 aromatic rings. The van der Waals surface area contributed by atoms with E-state index in [9.17, 15) is 0 Å². The van der Waals surface area contributed by atoms with E-state index in [1.807, 2.05) is 36.4 Å². The Morgan fingerprint density at radius 3 is 1.08 bits per heavy atom. The van der Waals surface area contributed by atoms with Crippen LogP contribution in [0.15, 0.2) is 97.3 Å². The Kier molecular flexibility index (Phi) is 6.77. The van der Waals surface area contributed by atoms with Crippen molar-refractivity contribution in [1.29, 1.82) is 0 Å². The van der Waals surface area contributed by atoms with Crippen LogP contribution in [-0.2, 0) is 0 Å². The Hall–Kier alpha value is -3.40. The summed E-state index contributed by atoms with van der Waals surface area (Å²) in [5.41, 5.74) is 0. The van der Waals surface area contributed by atoms with Gasteiger partial charge in [-0.2, -0.15) is 10.2 Å². The first-order valence-corrected chi connectivity index (χ1v) is 7.39. The summed E-state index contributed by atoms with van der Waals surface area (Å²) < 4.78 is 0. The number of para-hydroxylation sites is 2. The van der Waals surface area contributed by atoms with Gasteiger partial charge in [-0.05, 0) is 24.3 Å². The molecule has 1 aromatic heterocycles. The lowest BCUT2D eigenvalue weighted by molar-refractivity contribution is 0.475. The van der Waals surface area contributed by atoms with Crippen LogP contribution in [0.1, 0.15) is 0 Å². The number of fused-ring (bicyclic) bond motifs is 1. The van der Waals surface area contributed by atoms with Crippen molar-refractivity contribution >= 4 is 10.8 Å². The summed E-state index contributed by atoms with van der Waals surface area (Å²) in [6, 6.07) is 25.4. The van der Waals surface area contributed by atoms with Gasteiger partial charge in [-0.3, -0.25) is 0 Å². The largest absolute Gasteiger partial charge is 0.508 e. The lowest BCUT2D eigenvalue weighted by atomic mass is 10.2. The molecule has 4 rings (SSSR count). The maximum Gasteiger partial charge on any atom is 0.115 e. The van der Waals surface area contributed by atoms with Crippen molar-refractivity contribution in [2.24, 2.45) is 0 Å². The van der Waals surface area contributed by atoms with Crippen LogP contribution < -0.4 is 0 Å². The Balaban J connectivity index is 0.000000134. The lowest BCUT2D eigenvalue weighted by Crippen LogP contribution is -1.77. The van der Waals surface area contributed by atoms with Gasteiger partial charge in [0.05, 0.1) is 12.4 Å². The second kappa shape index (κ2) is 9.58. The zero-order chi connectivity index (χ0) is 17.0. The van der Waals surface area contributed by atoms with Crippen molar-refractivity contribution in [2.75, 3.05) is 0 Å². The van der Waals surface area contributed by atoms with Crippen molar-refractivity contribution in [2.45, 2.75) is 0 Å². The second-order valence-electron chi connectivity index (χ2n) is 4.79. The molecule has 120 valence electrons. The van der Waals surface area contributed by atoms with Gasteiger partial charge in [0, 0.05) is 10.8 Å². The monoisotopic (exact) mass is 318 g/mol. The number of nitrogens with zero attached hydrogens (tertiary/aromatic N) is 2. The van der Waals surface area contributed by atoms with E-state index in [4.69, 9.17) is 10.2 Å². The molecule has 4 heteroatoms. The molecule has 0 atom stereocenters. The molecule has 0 saturated heterocycles. The summed E-state index contributed by atoms with van der Waals surface area (Å²) in [5, 5.41) is 27.1. The molecule has 24 heavy (non-hydrogen) atoms. The third-order valence-electron chi connectivity index (χ3n) is 2.97. The highest BCUT2D eigenvalue weighted by molar-refractivity contribution is 5.80. The minimum absolute atomic E-state index is 0.322. The van der Waals surface area contributed by atoms with Gasteiger partial charge >= 0.3 is 0 Å². The van der Waals surface area contributed by atoms with Crippen molar-refractivity contribution < 1.29 is 10.2 Å². The minimum Gasteiger partial charge on any atom is -0.508 e. The molecule has 0 amide bonds. The Morgan fingerprint density at radius 2 is 0.792 bits per heavy atom. The van der Waals surface area contributed by atoms with Crippen LogP contribution in [0.2, 0.25) is 0 Å². The van der Waals surface area contributed by atoms with E-state index in [2.05, 4.69) is 10.2 Å². The van der Waals surface area contributed by atoms with E-state index in [1.54, 1.807) is 60.9 Å². The van der Waals surface area contributed by atoms with Crippen LogP contribution in [0.4, 0.5) is 0 Å². The van der Waals surface area contributed by atoms with Crippen LogP contribution in [-0.4, -0.2) is 20.4 Å². The average molecular weight is 318 g/mol. The van der Waals surface area contributed by atoms with E-state index < -0.39 is 0 Å². The van der Waals surface area contributed by atoms with Crippen molar-refractivity contribution in [3.63, 3.8) is 0 Å². The third kappa shape index (κ3) is 6.15. The van der Waals surface area contributed by atoms with Crippen molar-refractivity contribution in [3.05, 3.63) is 97.3 Å². The van der Waals surface area contributed by atoms with Crippen LogP contribution in [0.3, 0.4) is 0 Å². The van der Waals surface area contributed by atoms with E-state index in [1.165, 1.54) is 0 Å². The van der Waals surface area contributed by atoms with Crippen molar-refractivity contribution in [1.82, 2.24) is 10.2 Å². The highest BCUT2D eigenvalue weighted by Crippen LogP contribution is 2.08. The molecular formula is C20H18N2O2. The lowest BCUT2D eigenvalue weighted by Gasteiger charge is -1.90. The fraction of sp³-hybridized carbons (Fsp3) is 0. The second-order valence-corrected chi connectivity index (χ2v) is 4.79. The summed E-state index contributed by atoms with van der Waals surface area (Å²) in [6.45, 7) is 0. The molecule has 0 aliphatic rings. The van der Waals surface area contributed by atoms with Gasteiger partial charge in [-0.1, -0.05) is 60.7 Å². The first kappa shape index (κ1) is 17.0. The summed E-state index contributed by atoms with van der Waals surface area (Å²) in [7, 11) is 0. The van der Waals surface area contributed by atoms with Crippen LogP contribution >= 0.6 is 0 Å². The number of rotatable bonds is 0. The van der Waals surface area contributed by atoms with E-state index >= 15 is 0 Å². The average Bonchev–Trinajstić information content (AvgIpc) is 2.64. The van der Waals surface area contributed by atoms with Crippen LogP contribution in [0.5, 0.6) is 11.5 Å². The number of aromatic hydroxyl groups is 2. The van der Waals surface area contributed by atoms with Gasteiger partial charge in [0.25, 0.3) is 0 Å². The molecule has 0 unspecified atom stereocenters. The maximum absolute atomic E-state index is 8.63. The first-order chi connectivity index (χ1) is 11.8. The van der Waals surface area contributed by atoms with Gasteiger partial charge in [0.2, 0.25) is 0 Å². The third-order valence-corrected chi connectivity index (χ3v) is 2.97. The summed E-state index contributed by atoms with van der Waals surface area (Å²) in [5.74, 6) is 0.644. The van der Waals surface area contributed by atoms with Crippen LogP contribution in [0.25, 0.3) is 10.8 Å². The molecule has 0 aliphatic carbocycles. The highest BCUT2D eigenvalue weighted by Gasteiger charge is 1.87. The predicted molar refractivity (Wildman–Crippen MR) is 95.8 cm³/mol. The number of hydrogen-bond donors (Lipinski definition) is 2. The normalized spacial score (nSPS) is 9.17. The molecule has 0 spiro atoms. The molecule has 0 aliphatic heterocycles. The molecule has 2 N–H and O–H groups in total. The van der Waals surface area contributed by atoms with Crippen LogP contribution in [0, 0.1) is 0 Å². The summed E-state index contributed by atoms with van der Waals surface area (Å²) >= 11 is 0. The Labute approximate surface area is 140 Å². The Morgan fingerprint density at radius 1 is 0.458 bits per heavy atom. The smallest absolute Gasteiger partial charge is 0.115 e. The molecule has 0 fully saturated rings. The highest BCUT2D eigenvalue weighted by atomic mass is 16.3. The fourth-order valence-corrected chi connectivity index (χ4v) is 1.79. The molecule has 1 heterocycles. The van der Waals surface area contributed by atoms with Gasteiger partial charge in [0.1, 0.15) is 11.5 Å². The molecule has 0 bridgehead atoms. The molecule has 0 radical (unpaired) electrons. The summed E-state index contributed by atoms with van der Waals surface area (Å²) in [4.78, 5) is 0. The molecular weight excluding hydrogens is 300 g/mol. The SMILES string of the molecule is Oc1ccccc1.Oc1ccccc1.c1ccc2cnncc2c1. The molecule has 0 saturated carbocycles. The summed E-state index contributed by atoms with van der Waals surface area (Å²) in [6.07, 6.45) is 3.52. The number of phenols is 2. The number of phenolic OH excluding ortho intramolecular Hbond substituents is 2. The van der Waals surface area contributed by atoms with E-state index in [0.29, 0.717) is 11.5 Å². The molecule has 3 aromatic carbocycles. The number of hydrogen-bond acceptors (Lipinski definition) is 4. The minimum atomic E-state index is 0.322. The van der Waals surface area contributed by atoms with E-state index in [0.717, 1.165) is 10.8 Å². The van der Waals surface area contributed by atoms with Gasteiger partial charge in [0.15, 0.2) is 0 Å². The zero-order valence-corrected chi connectivity index (χ0v) is 13.0. The maximum atomic E-state index is 8.63. The number of aromatic nitrogens is 2. The van der Waals surface area contributed by atoms with Gasteiger partial charge in [-0.15, -0.1) is 0 Å². The first-order valence-electron chi connectivity index (χ1n) is 7.39. The van der Waals surface area contributed by atoms with Gasteiger partial charge < -0.3 is 10.2 Å². The zero-order valence-electron chi connectivity index (χ0n) is 13.0. The van der Waals surface area contributed by atoms with Gasteiger partial charge in [-0.25, -0.2) is 0 Å². The standard InChI is InChI=1S/C8H6N2.2C6H6O/c1-2-4-8-6-10-9-5-7(8)3-1;2*7-6-4-2-1-3-5-6/h1-6H;2*1-5,7H. The quantitative estimate of drug-likeness (QED) is 0.504. The van der Waals surface area contributed by atoms with E-state index in [-0.39, 0.29) is 0 Å². The predicted octanol–water partition coefficient (Wildman–Crippen LogP) is 4.41. The number of benzene rings is 3. The molecule has 4 nitrogen and oxygen atoms in total. The van der Waals surface area contributed by atoms with Crippen molar-refractivity contribution in [3.8, 4) is 11.5 Å². The topological polar surface area (TPSA) is 66.2 Å². The Bertz CT molecular complexity index is 734. The fourth-order valence-electron chi connectivity index (χ4n) is 1.79.